The number of fused-ring (bicyclic) bond motifs is 1. The summed E-state index contributed by atoms with van der Waals surface area (Å²) in [5, 5.41) is 4.68. The first kappa shape index (κ1) is 17.0. The van der Waals surface area contributed by atoms with Gasteiger partial charge in [-0.15, -0.1) is 0 Å². The van der Waals surface area contributed by atoms with Gasteiger partial charge in [0.05, 0.1) is 18.3 Å². The van der Waals surface area contributed by atoms with Gasteiger partial charge in [0.25, 0.3) is 0 Å². The van der Waals surface area contributed by atoms with Gasteiger partial charge < -0.3 is 10.1 Å². The Balaban J connectivity index is 1.71. The van der Waals surface area contributed by atoms with Crippen LogP contribution in [0.5, 0.6) is 5.75 Å². The molecule has 0 unspecified atom stereocenters. The van der Waals surface area contributed by atoms with Crippen molar-refractivity contribution in [3.05, 3.63) is 60.2 Å². The van der Waals surface area contributed by atoms with E-state index in [2.05, 4.69) is 47.8 Å². The largest absolute Gasteiger partial charge is 0.497 e. The Labute approximate surface area is 155 Å². The minimum absolute atomic E-state index is 0.824. The lowest BCUT2D eigenvalue weighted by Gasteiger charge is -2.22. The van der Waals surface area contributed by atoms with Gasteiger partial charge in [0, 0.05) is 10.9 Å². The average Bonchev–Trinajstić information content (AvgIpc) is 2.73. The molecule has 3 heteroatoms. The van der Waals surface area contributed by atoms with Crippen molar-refractivity contribution < 1.29 is 4.74 Å². The number of nitrogens with one attached hydrogen (secondary N) is 1. The average molecular weight is 346 g/mol. The van der Waals surface area contributed by atoms with Crippen LogP contribution in [0.1, 0.15) is 24.8 Å². The zero-order valence-electron chi connectivity index (χ0n) is 15.4. The molecule has 1 aliphatic heterocycles. The van der Waals surface area contributed by atoms with E-state index in [0.717, 1.165) is 42.4 Å². The topological polar surface area (TPSA) is 34.1 Å². The molecule has 26 heavy (non-hydrogen) atoms. The monoisotopic (exact) mass is 346 g/mol. The summed E-state index contributed by atoms with van der Waals surface area (Å²) in [6.07, 6.45) is 4.92. The van der Waals surface area contributed by atoms with Crippen LogP contribution in [0.25, 0.3) is 22.2 Å². The fourth-order valence-corrected chi connectivity index (χ4v) is 3.90. The van der Waals surface area contributed by atoms with Gasteiger partial charge in [0.15, 0.2) is 0 Å². The van der Waals surface area contributed by atoms with Crippen molar-refractivity contribution in [1.82, 2.24) is 10.3 Å². The maximum Gasteiger partial charge on any atom is 0.119 e. The highest BCUT2D eigenvalue weighted by atomic mass is 16.5. The molecule has 1 aromatic heterocycles. The lowest BCUT2D eigenvalue weighted by Crippen LogP contribution is -2.27. The second kappa shape index (κ2) is 7.88. The maximum atomic E-state index is 5.45. The summed E-state index contributed by atoms with van der Waals surface area (Å²) in [4.78, 5) is 4.91. The third-order valence-electron chi connectivity index (χ3n) is 5.45. The molecule has 0 atom stereocenters. The number of hydrogen-bond acceptors (Lipinski definition) is 3. The van der Waals surface area contributed by atoms with Crippen LogP contribution in [0, 0.1) is 5.92 Å². The summed E-state index contributed by atoms with van der Waals surface area (Å²) < 4.78 is 5.45. The fourth-order valence-electron chi connectivity index (χ4n) is 3.90. The molecule has 3 aromatic rings. The van der Waals surface area contributed by atoms with Crippen LogP contribution in [-0.2, 0) is 6.42 Å². The van der Waals surface area contributed by atoms with E-state index in [9.17, 15) is 0 Å². The number of piperidine rings is 1. The Morgan fingerprint density at radius 2 is 1.85 bits per heavy atom. The van der Waals surface area contributed by atoms with Gasteiger partial charge in [-0.25, -0.2) is 4.98 Å². The van der Waals surface area contributed by atoms with Crippen LogP contribution < -0.4 is 10.1 Å². The molecule has 0 spiro atoms. The summed E-state index contributed by atoms with van der Waals surface area (Å²) >= 11 is 0. The van der Waals surface area contributed by atoms with E-state index in [4.69, 9.17) is 9.72 Å². The van der Waals surface area contributed by atoms with Crippen molar-refractivity contribution in [1.29, 1.82) is 0 Å². The first-order valence-electron chi connectivity index (χ1n) is 9.57. The van der Waals surface area contributed by atoms with E-state index in [0.29, 0.717) is 0 Å². The third-order valence-corrected chi connectivity index (χ3v) is 5.45. The molecule has 0 bridgehead atoms. The first-order chi connectivity index (χ1) is 12.8. The molecule has 0 amide bonds. The Kier molecular flexibility index (Phi) is 5.16. The van der Waals surface area contributed by atoms with E-state index < -0.39 is 0 Å². The van der Waals surface area contributed by atoms with Crippen molar-refractivity contribution in [2.24, 2.45) is 5.92 Å². The Morgan fingerprint density at radius 3 is 2.62 bits per heavy atom. The number of pyridine rings is 1. The Morgan fingerprint density at radius 1 is 1.04 bits per heavy atom. The molecule has 1 N–H and O–H groups in total. The minimum atomic E-state index is 0.824. The Bertz CT molecular complexity index is 870. The smallest absolute Gasteiger partial charge is 0.119 e. The highest BCUT2D eigenvalue weighted by Crippen LogP contribution is 2.30. The summed E-state index contributed by atoms with van der Waals surface area (Å²) in [5.41, 5.74) is 4.66. The number of benzene rings is 2. The fraction of sp³-hybridized carbons (Fsp3) is 0.348. The zero-order valence-corrected chi connectivity index (χ0v) is 15.4. The summed E-state index contributed by atoms with van der Waals surface area (Å²) in [6.45, 7) is 2.32. The molecule has 0 aliphatic carbocycles. The van der Waals surface area contributed by atoms with Crippen molar-refractivity contribution >= 4 is 10.9 Å². The molecule has 1 aliphatic rings. The van der Waals surface area contributed by atoms with Crippen molar-refractivity contribution in [3.63, 3.8) is 0 Å². The summed E-state index contributed by atoms with van der Waals surface area (Å²) in [6, 6.07) is 19.0. The van der Waals surface area contributed by atoms with Crippen LogP contribution in [0.15, 0.2) is 54.6 Å². The van der Waals surface area contributed by atoms with Gasteiger partial charge in [-0.3, -0.25) is 0 Å². The predicted octanol–water partition coefficient (Wildman–Crippen LogP) is 4.84. The van der Waals surface area contributed by atoms with Gasteiger partial charge in [-0.1, -0.05) is 30.3 Å². The first-order valence-corrected chi connectivity index (χ1v) is 9.57. The molecule has 2 heterocycles. The summed E-state index contributed by atoms with van der Waals surface area (Å²) in [7, 11) is 1.72. The Hall–Kier alpha value is -2.39. The molecular formula is C23H26N2O. The molecule has 3 nitrogen and oxygen atoms in total. The lowest BCUT2D eigenvalue weighted by atomic mass is 9.90. The number of aryl methyl sites for hydroxylation is 1. The number of aromatic nitrogens is 1. The van der Waals surface area contributed by atoms with E-state index in [1.54, 1.807) is 7.11 Å². The highest BCUT2D eigenvalue weighted by molar-refractivity contribution is 5.86. The van der Waals surface area contributed by atoms with Crippen LogP contribution in [0.4, 0.5) is 0 Å². The second-order valence-corrected chi connectivity index (χ2v) is 7.15. The van der Waals surface area contributed by atoms with E-state index in [1.165, 1.54) is 35.8 Å². The standard InChI is InChI=1S/C23H26N2O/c1-26-20-9-10-22-21(16-20)19(8-7-17-11-13-24-14-12-17)15-23(25-22)18-5-3-2-4-6-18/h2-6,9-10,15-17,24H,7-8,11-14H2,1H3. The van der Waals surface area contributed by atoms with Gasteiger partial charge in [0.1, 0.15) is 5.75 Å². The third kappa shape index (κ3) is 3.73. The van der Waals surface area contributed by atoms with Gasteiger partial charge >= 0.3 is 0 Å². The molecule has 134 valence electrons. The summed E-state index contributed by atoms with van der Waals surface area (Å²) in [5.74, 6) is 1.72. The molecule has 2 aromatic carbocycles. The number of rotatable bonds is 5. The molecule has 4 rings (SSSR count). The van der Waals surface area contributed by atoms with Gasteiger partial charge in [-0.05, 0) is 74.5 Å². The normalized spacial score (nSPS) is 15.3. The van der Waals surface area contributed by atoms with E-state index >= 15 is 0 Å². The van der Waals surface area contributed by atoms with E-state index in [1.807, 2.05) is 12.1 Å². The quantitative estimate of drug-likeness (QED) is 0.717. The highest BCUT2D eigenvalue weighted by Gasteiger charge is 2.15. The SMILES string of the molecule is COc1ccc2nc(-c3ccccc3)cc(CCC3CCNCC3)c2c1. The number of hydrogen-bond donors (Lipinski definition) is 1. The lowest BCUT2D eigenvalue weighted by molar-refractivity contribution is 0.354. The molecular weight excluding hydrogens is 320 g/mol. The second-order valence-electron chi connectivity index (χ2n) is 7.15. The molecule has 0 saturated carbocycles. The predicted molar refractivity (Wildman–Crippen MR) is 108 cm³/mol. The molecule has 0 radical (unpaired) electrons. The van der Waals surface area contributed by atoms with Gasteiger partial charge in [0.2, 0.25) is 0 Å². The van der Waals surface area contributed by atoms with Crippen LogP contribution in [0.2, 0.25) is 0 Å². The number of methoxy groups -OCH3 is 1. The van der Waals surface area contributed by atoms with Crippen molar-refractivity contribution in [2.45, 2.75) is 25.7 Å². The van der Waals surface area contributed by atoms with E-state index in [-0.39, 0.29) is 0 Å². The van der Waals surface area contributed by atoms with Crippen LogP contribution >= 0.6 is 0 Å². The zero-order chi connectivity index (χ0) is 17.8. The van der Waals surface area contributed by atoms with Crippen molar-refractivity contribution in [2.75, 3.05) is 20.2 Å². The van der Waals surface area contributed by atoms with Crippen molar-refractivity contribution in [3.8, 4) is 17.0 Å². The van der Waals surface area contributed by atoms with Crippen LogP contribution in [-0.4, -0.2) is 25.2 Å². The van der Waals surface area contributed by atoms with Gasteiger partial charge in [-0.2, -0.15) is 0 Å². The molecule has 1 saturated heterocycles. The molecule has 1 fully saturated rings. The minimum Gasteiger partial charge on any atom is -0.497 e. The number of ether oxygens (including phenoxy) is 1. The maximum absolute atomic E-state index is 5.45. The number of nitrogens with zero attached hydrogens (tertiary/aromatic N) is 1. The van der Waals surface area contributed by atoms with Crippen LogP contribution in [0.3, 0.4) is 0 Å².